The summed E-state index contributed by atoms with van der Waals surface area (Å²) >= 11 is 3.32. The Labute approximate surface area is 130 Å². The molecule has 0 saturated heterocycles. The smallest absolute Gasteiger partial charge is 0.270 e. The van der Waals surface area contributed by atoms with Gasteiger partial charge in [-0.1, -0.05) is 0 Å². The predicted octanol–water partition coefficient (Wildman–Crippen LogP) is 3.76. The number of hydrogen-bond acceptors (Lipinski definition) is 5. The monoisotopic (exact) mass is 351 g/mol. The van der Waals surface area contributed by atoms with Gasteiger partial charge in [-0.3, -0.25) is 10.1 Å². The van der Waals surface area contributed by atoms with Gasteiger partial charge < -0.3 is 10.1 Å². The van der Waals surface area contributed by atoms with Crippen molar-refractivity contribution in [2.45, 2.75) is 13.5 Å². The molecule has 0 aliphatic rings. The number of benzene rings is 1. The maximum absolute atomic E-state index is 10.7. The van der Waals surface area contributed by atoms with E-state index in [2.05, 4.69) is 26.2 Å². The maximum Gasteiger partial charge on any atom is 0.270 e. The predicted molar refractivity (Wildman–Crippen MR) is 83.5 cm³/mol. The minimum absolute atomic E-state index is 0.0509. The average Bonchev–Trinajstić information content (AvgIpc) is 2.46. The Balaban J connectivity index is 2.06. The first-order chi connectivity index (χ1) is 10.1. The van der Waals surface area contributed by atoms with Crippen LogP contribution in [0.2, 0.25) is 0 Å². The van der Waals surface area contributed by atoms with E-state index in [0.717, 1.165) is 11.3 Å². The molecule has 1 aromatic carbocycles. The third-order valence-electron chi connectivity index (χ3n) is 2.74. The molecular formula is C14H14BrN3O3. The van der Waals surface area contributed by atoms with Crippen LogP contribution < -0.4 is 10.1 Å². The zero-order valence-electron chi connectivity index (χ0n) is 11.4. The standard InChI is InChI=1S/C14H14BrN3O3/c1-2-21-14-7-10(5-6-16-14)9-17-13-4-3-11(18(19)20)8-12(13)15/h3-8,17H,2,9H2,1H3. The van der Waals surface area contributed by atoms with Crippen molar-refractivity contribution < 1.29 is 9.66 Å². The van der Waals surface area contributed by atoms with Gasteiger partial charge in [0.2, 0.25) is 5.88 Å². The largest absolute Gasteiger partial charge is 0.478 e. The molecule has 0 bridgehead atoms. The Morgan fingerprint density at radius 1 is 1.38 bits per heavy atom. The van der Waals surface area contributed by atoms with Crippen LogP contribution in [0.25, 0.3) is 0 Å². The second-order valence-electron chi connectivity index (χ2n) is 4.21. The molecule has 0 amide bonds. The molecule has 6 nitrogen and oxygen atoms in total. The molecule has 0 spiro atoms. The Morgan fingerprint density at radius 2 is 2.19 bits per heavy atom. The van der Waals surface area contributed by atoms with Gasteiger partial charge in [0.25, 0.3) is 5.69 Å². The van der Waals surface area contributed by atoms with Crippen LogP contribution in [-0.4, -0.2) is 16.5 Å². The summed E-state index contributed by atoms with van der Waals surface area (Å²) in [6, 6.07) is 8.35. The van der Waals surface area contributed by atoms with Gasteiger partial charge in [0, 0.05) is 41.1 Å². The molecule has 110 valence electrons. The Hall–Kier alpha value is -2.15. The second-order valence-corrected chi connectivity index (χ2v) is 5.06. The highest BCUT2D eigenvalue weighted by Gasteiger charge is 2.09. The lowest BCUT2D eigenvalue weighted by Gasteiger charge is -2.09. The summed E-state index contributed by atoms with van der Waals surface area (Å²) in [5, 5.41) is 13.9. The van der Waals surface area contributed by atoms with Crippen molar-refractivity contribution in [3.05, 3.63) is 56.7 Å². The lowest BCUT2D eigenvalue weighted by atomic mass is 10.2. The Morgan fingerprint density at radius 3 is 2.86 bits per heavy atom. The van der Waals surface area contributed by atoms with Crippen molar-refractivity contribution in [3.63, 3.8) is 0 Å². The van der Waals surface area contributed by atoms with Crippen LogP contribution in [-0.2, 0) is 6.54 Å². The van der Waals surface area contributed by atoms with Crippen LogP contribution in [0.5, 0.6) is 5.88 Å². The number of nitro groups is 1. The van der Waals surface area contributed by atoms with E-state index in [1.54, 1.807) is 12.3 Å². The molecule has 2 aromatic rings. The minimum atomic E-state index is -0.425. The van der Waals surface area contributed by atoms with Crippen LogP contribution >= 0.6 is 15.9 Å². The van der Waals surface area contributed by atoms with Crippen LogP contribution in [0.4, 0.5) is 11.4 Å². The van der Waals surface area contributed by atoms with Gasteiger partial charge >= 0.3 is 0 Å². The van der Waals surface area contributed by atoms with Gasteiger partial charge in [0.15, 0.2) is 0 Å². The van der Waals surface area contributed by atoms with Gasteiger partial charge in [-0.2, -0.15) is 0 Å². The molecule has 0 radical (unpaired) electrons. The topological polar surface area (TPSA) is 77.3 Å². The summed E-state index contributed by atoms with van der Waals surface area (Å²) in [5.41, 5.74) is 1.85. The highest BCUT2D eigenvalue weighted by atomic mass is 79.9. The number of ether oxygens (including phenoxy) is 1. The van der Waals surface area contributed by atoms with Crippen LogP contribution in [0.1, 0.15) is 12.5 Å². The maximum atomic E-state index is 10.7. The van der Waals surface area contributed by atoms with Crippen LogP contribution in [0, 0.1) is 10.1 Å². The van der Waals surface area contributed by atoms with Gasteiger partial charge in [0.05, 0.1) is 11.5 Å². The van der Waals surface area contributed by atoms with Gasteiger partial charge in [-0.05, 0) is 40.5 Å². The van der Waals surface area contributed by atoms with Gasteiger partial charge in [-0.15, -0.1) is 0 Å². The van der Waals surface area contributed by atoms with E-state index in [4.69, 9.17) is 4.74 Å². The number of nitro benzene ring substituents is 1. The fraction of sp³-hybridized carbons (Fsp3) is 0.214. The summed E-state index contributed by atoms with van der Waals surface area (Å²) in [6.07, 6.45) is 1.69. The molecular weight excluding hydrogens is 338 g/mol. The van der Waals surface area contributed by atoms with E-state index in [0.29, 0.717) is 23.5 Å². The normalized spacial score (nSPS) is 10.2. The summed E-state index contributed by atoms with van der Waals surface area (Å²) in [7, 11) is 0. The molecule has 0 aliphatic heterocycles. The summed E-state index contributed by atoms with van der Waals surface area (Å²) in [6.45, 7) is 3.04. The average molecular weight is 352 g/mol. The molecule has 1 aromatic heterocycles. The molecule has 7 heteroatoms. The molecule has 21 heavy (non-hydrogen) atoms. The Kier molecular flexibility index (Phi) is 5.10. The number of non-ortho nitro benzene ring substituents is 1. The Bertz CT molecular complexity index is 649. The first kappa shape index (κ1) is 15.2. The van der Waals surface area contributed by atoms with Crippen molar-refractivity contribution in [1.29, 1.82) is 0 Å². The summed E-state index contributed by atoms with van der Waals surface area (Å²) in [5.74, 6) is 0.583. The van der Waals surface area contributed by atoms with E-state index in [-0.39, 0.29) is 5.69 Å². The first-order valence-electron chi connectivity index (χ1n) is 6.35. The third kappa shape index (κ3) is 4.16. The lowest BCUT2D eigenvalue weighted by molar-refractivity contribution is -0.384. The highest BCUT2D eigenvalue weighted by Crippen LogP contribution is 2.27. The summed E-state index contributed by atoms with van der Waals surface area (Å²) < 4.78 is 5.99. The highest BCUT2D eigenvalue weighted by molar-refractivity contribution is 9.10. The van der Waals surface area contributed by atoms with Gasteiger partial charge in [-0.25, -0.2) is 4.98 Å². The van der Waals surface area contributed by atoms with Crippen LogP contribution in [0.15, 0.2) is 41.0 Å². The molecule has 0 fully saturated rings. The van der Waals surface area contributed by atoms with E-state index < -0.39 is 4.92 Å². The molecule has 1 N–H and O–H groups in total. The van der Waals surface area contributed by atoms with E-state index in [1.807, 2.05) is 19.1 Å². The number of hydrogen-bond donors (Lipinski definition) is 1. The fourth-order valence-corrected chi connectivity index (χ4v) is 2.25. The number of nitrogens with zero attached hydrogens (tertiary/aromatic N) is 2. The molecule has 2 rings (SSSR count). The lowest BCUT2D eigenvalue weighted by Crippen LogP contribution is -2.02. The number of nitrogens with one attached hydrogen (secondary N) is 1. The number of anilines is 1. The fourth-order valence-electron chi connectivity index (χ4n) is 1.75. The molecule has 0 unspecified atom stereocenters. The molecule has 1 heterocycles. The first-order valence-corrected chi connectivity index (χ1v) is 7.15. The zero-order valence-corrected chi connectivity index (χ0v) is 13.0. The van der Waals surface area contributed by atoms with Gasteiger partial charge in [0.1, 0.15) is 0 Å². The van der Waals surface area contributed by atoms with E-state index >= 15 is 0 Å². The number of pyridine rings is 1. The number of rotatable bonds is 6. The zero-order chi connectivity index (χ0) is 15.2. The SMILES string of the molecule is CCOc1cc(CNc2ccc([N+](=O)[O-])cc2Br)ccn1. The van der Waals surface area contributed by atoms with Crippen molar-refractivity contribution in [2.24, 2.45) is 0 Å². The quantitative estimate of drug-likeness (QED) is 0.633. The van der Waals surface area contributed by atoms with E-state index in [9.17, 15) is 10.1 Å². The molecule has 0 atom stereocenters. The van der Waals surface area contributed by atoms with E-state index in [1.165, 1.54) is 12.1 Å². The minimum Gasteiger partial charge on any atom is -0.478 e. The van der Waals surface area contributed by atoms with Crippen molar-refractivity contribution in [1.82, 2.24) is 4.98 Å². The summed E-state index contributed by atoms with van der Waals surface area (Å²) in [4.78, 5) is 14.4. The van der Waals surface area contributed by atoms with Crippen LogP contribution in [0.3, 0.4) is 0 Å². The van der Waals surface area contributed by atoms with Crippen molar-refractivity contribution in [3.8, 4) is 5.88 Å². The second kappa shape index (κ2) is 7.03. The third-order valence-corrected chi connectivity index (χ3v) is 3.39. The van der Waals surface area contributed by atoms with Crippen molar-refractivity contribution >= 4 is 27.3 Å². The molecule has 0 saturated carbocycles. The van der Waals surface area contributed by atoms with Crippen molar-refractivity contribution in [2.75, 3.05) is 11.9 Å². The number of halogens is 1. The molecule has 0 aliphatic carbocycles. The number of aromatic nitrogens is 1.